The number of pyridine rings is 1. The van der Waals surface area contributed by atoms with Crippen molar-refractivity contribution in [3.05, 3.63) is 53.4 Å². The molecule has 1 aromatic carbocycles. The zero-order chi connectivity index (χ0) is 32.3. The highest BCUT2D eigenvalue weighted by Gasteiger charge is 2.34. The highest BCUT2D eigenvalue weighted by Crippen LogP contribution is 2.33. The summed E-state index contributed by atoms with van der Waals surface area (Å²) in [7, 11) is -4.28. The molecule has 2 saturated heterocycles. The molecule has 1 aromatic heterocycles. The predicted octanol–water partition coefficient (Wildman–Crippen LogP) is 5.01. The number of hydrogen-bond acceptors (Lipinski definition) is 8. The number of amides is 1. The monoisotopic (exact) mass is 662 g/mol. The lowest BCUT2D eigenvalue weighted by atomic mass is 10.1. The van der Waals surface area contributed by atoms with Gasteiger partial charge in [-0.2, -0.15) is 17.1 Å². The SMILES string of the molecule is CC[C@@H](Oc1ccc(C(=O)NS(=O)(=O)N2CCC(OC3CCN(CC4CC4)CC3)CC2)c(F)c1F)c1ccc(OCC2CC2)cn1. The standard InChI is InChI=1S/C33H44F2N4O6S/c1-2-29(28-9-7-26(19-36-28)43-21-23-5-6-23)45-30-10-8-27(31(34)32(30)35)33(40)37-46(41,42)39-17-13-25(14-18-39)44-24-11-15-38(16-12-24)20-22-3-4-22/h7-10,19,22-25,29H,2-6,11-18,20-21H2,1H3,(H,37,40)/t29-/m1/s1. The van der Waals surface area contributed by atoms with E-state index >= 15 is 8.78 Å². The molecule has 4 fully saturated rings. The van der Waals surface area contributed by atoms with Gasteiger partial charge in [-0.15, -0.1) is 0 Å². The molecule has 0 bridgehead atoms. The van der Waals surface area contributed by atoms with Crippen molar-refractivity contribution in [3.8, 4) is 11.5 Å². The van der Waals surface area contributed by atoms with Gasteiger partial charge >= 0.3 is 10.2 Å². The van der Waals surface area contributed by atoms with Crippen LogP contribution in [0, 0.1) is 23.5 Å². The summed E-state index contributed by atoms with van der Waals surface area (Å²) in [4.78, 5) is 19.7. The maximum absolute atomic E-state index is 15.1. The minimum atomic E-state index is -4.28. The van der Waals surface area contributed by atoms with Crippen molar-refractivity contribution in [2.45, 2.75) is 83.0 Å². The van der Waals surface area contributed by atoms with Crippen LogP contribution in [0.4, 0.5) is 8.78 Å². The molecule has 3 heterocycles. The van der Waals surface area contributed by atoms with Gasteiger partial charge in [0, 0.05) is 32.7 Å². The second-order valence-corrected chi connectivity index (χ2v) is 14.7. The minimum Gasteiger partial charge on any atom is -0.492 e. The van der Waals surface area contributed by atoms with Crippen LogP contribution in [0.5, 0.6) is 11.5 Å². The summed E-state index contributed by atoms with van der Waals surface area (Å²) in [5.74, 6) is -2.45. The number of nitrogens with zero attached hydrogens (tertiary/aromatic N) is 3. The van der Waals surface area contributed by atoms with Gasteiger partial charge in [0.15, 0.2) is 11.6 Å². The van der Waals surface area contributed by atoms with Gasteiger partial charge in [0.25, 0.3) is 5.91 Å². The molecule has 252 valence electrons. The maximum atomic E-state index is 15.1. The highest BCUT2D eigenvalue weighted by molar-refractivity contribution is 7.87. The van der Waals surface area contributed by atoms with Gasteiger partial charge in [-0.05, 0) is 93.9 Å². The average Bonchev–Trinajstić information content (AvgIpc) is 3.99. The van der Waals surface area contributed by atoms with Crippen molar-refractivity contribution in [2.24, 2.45) is 11.8 Å². The molecule has 2 aliphatic heterocycles. The Morgan fingerprint density at radius 3 is 2.22 bits per heavy atom. The van der Waals surface area contributed by atoms with Gasteiger partial charge in [0.05, 0.1) is 36.3 Å². The van der Waals surface area contributed by atoms with Crippen LogP contribution < -0.4 is 14.2 Å². The lowest BCUT2D eigenvalue weighted by Gasteiger charge is -2.36. The first-order chi connectivity index (χ1) is 22.2. The molecule has 13 heteroatoms. The van der Waals surface area contributed by atoms with E-state index < -0.39 is 45.2 Å². The Bertz CT molecular complexity index is 1460. The van der Waals surface area contributed by atoms with Crippen LogP contribution in [-0.4, -0.2) is 80.1 Å². The van der Waals surface area contributed by atoms with Crippen LogP contribution in [0.2, 0.25) is 0 Å². The number of rotatable bonds is 14. The van der Waals surface area contributed by atoms with E-state index in [2.05, 4.69) is 9.88 Å². The number of aromatic nitrogens is 1. The summed E-state index contributed by atoms with van der Waals surface area (Å²) in [6.07, 6.45) is 9.40. The van der Waals surface area contributed by atoms with Crippen molar-refractivity contribution in [1.29, 1.82) is 0 Å². The first-order valence-corrected chi connectivity index (χ1v) is 18.1. The number of hydrogen-bond donors (Lipinski definition) is 1. The Morgan fingerprint density at radius 2 is 1.61 bits per heavy atom. The number of ether oxygens (including phenoxy) is 3. The Balaban J connectivity index is 0.989. The number of piperidine rings is 2. The van der Waals surface area contributed by atoms with Crippen molar-refractivity contribution >= 4 is 16.1 Å². The molecule has 2 saturated carbocycles. The predicted molar refractivity (Wildman–Crippen MR) is 167 cm³/mol. The summed E-state index contributed by atoms with van der Waals surface area (Å²) >= 11 is 0. The Kier molecular flexibility index (Phi) is 10.4. The van der Waals surface area contributed by atoms with Crippen LogP contribution in [0.1, 0.15) is 86.9 Å². The van der Waals surface area contributed by atoms with E-state index in [0.717, 1.165) is 48.3 Å². The zero-order valence-electron chi connectivity index (χ0n) is 26.3. The van der Waals surface area contributed by atoms with E-state index in [1.807, 2.05) is 11.6 Å². The number of benzene rings is 1. The van der Waals surface area contributed by atoms with Crippen molar-refractivity contribution < 1.29 is 36.2 Å². The lowest BCUT2D eigenvalue weighted by molar-refractivity contribution is -0.0591. The molecule has 1 amide bonds. The molecule has 1 atom stereocenters. The first-order valence-electron chi connectivity index (χ1n) is 16.6. The second-order valence-electron chi connectivity index (χ2n) is 13.0. The molecular weight excluding hydrogens is 618 g/mol. The Labute approximate surface area is 270 Å². The maximum Gasteiger partial charge on any atom is 0.304 e. The van der Waals surface area contributed by atoms with Crippen molar-refractivity contribution in [3.63, 3.8) is 0 Å². The quantitative estimate of drug-likeness (QED) is 0.301. The fourth-order valence-electron chi connectivity index (χ4n) is 6.08. The van der Waals surface area contributed by atoms with Gasteiger partial charge in [0.2, 0.25) is 5.82 Å². The smallest absolute Gasteiger partial charge is 0.304 e. The third kappa shape index (κ3) is 8.53. The van der Waals surface area contributed by atoms with Crippen molar-refractivity contribution in [1.82, 2.24) is 18.9 Å². The number of carbonyl (C=O) groups is 1. The van der Waals surface area contributed by atoms with Gasteiger partial charge in [0.1, 0.15) is 11.9 Å². The highest BCUT2D eigenvalue weighted by atomic mass is 32.2. The van der Waals surface area contributed by atoms with E-state index in [9.17, 15) is 13.2 Å². The van der Waals surface area contributed by atoms with E-state index in [4.69, 9.17) is 14.2 Å². The molecule has 0 unspecified atom stereocenters. The van der Waals surface area contributed by atoms with Crippen LogP contribution in [0.3, 0.4) is 0 Å². The molecule has 1 N–H and O–H groups in total. The third-order valence-corrected chi connectivity index (χ3v) is 10.8. The van der Waals surface area contributed by atoms with E-state index in [0.29, 0.717) is 43.2 Å². The number of nitrogens with one attached hydrogen (secondary N) is 1. The number of carbonyl (C=O) groups excluding carboxylic acids is 1. The molecular formula is C33H44F2N4O6S. The summed E-state index contributed by atoms with van der Waals surface area (Å²) in [5.41, 5.74) is -0.222. The molecule has 46 heavy (non-hydrogen) atoms. The number of likely N-dealkylation sites (tertiary alicyclic amines) is 1. The van der Waals surface area contributed by atoms with Crippen LogP contribution in [0.25, 0.3) is 0 Å². The Morgan fingerprint density at radius 1 is 0.935 bits per heavy atom. The molecule has 4 aliphatic rings. The normalized spacial score (nSPS) is 21.2. The molecule has 10 nitrogen and oxygen atoms in total. The lowest BCUT2D eigenvalue weighted by Crippen LogP contribution is -2.49. The first kappa shape index (κ1) is 33.0. The van der Waals surface area contributed by atoms with E-state index in [-0.39, 0.29) is 25.3 Å². The van der Waals surface area contributed by atoms with Crippen molar-refractivity contribution in [2.75, 3.05) is 39.3 Å². The summed E-state index contributed by atoms with van der Waals surface area (Å²) in [5, 5.41) is 0. The third-order valence-electron chi connectivity index (χ3n) is 9.30. The average molecular weight is 663 g/mol. The molecule has 0 spiro atoms. The number of halogens is 2. The summed E-state index contributed by atoms with van der Waals surface area (Å²) in [6, 6.07) is 5.61. The molecule has 2 aromatic rings. The fourth-order valence-corrected chi connectivity index (χ4v) is 7.25. The topological polar surface area (TPSA) is 110 Å². The zero-order valence-corrected chi connectivity index (χ0v) is 27.2. The van der Waals surface area contributed by atoms with Gasteiger partial charge in [-0.3, -0.25) is 9.78 Å². The molecule has 0 radical (unpaired) electrons. The second kappa shape index (κ2) is 14.5. The van der Waals surface area contributed by atoms with Gasteiger partial charge in [-0.25, -0.2) is 9.11 Å². The van der Waals surface area contributed by atoms with Crippen LogP contribution in [-0.2, 0) is 14.9 Å². The van der Waals surface area contributed by atoms with Gasteiger partial charge < -0.3 is 19.1 Å². The molecule has 6 rings (SSSR count). The van der Waals surface area contributed by atoms with Crippen LogP contribution >= 0.6 is 0 Å². The largest absolute Gasteiger partial charge is 0.492 e. The van der Waals surface area contributed by atoms with Crippen LogP contribution in [0.15, 0.2) is 30.5 Å². The molecule has 2 aliphatic carbocycles. The summed E-state index contributed by atoms with van der Waals surface area (Å²) < 4.78 is 76.9. The fraction of sp³-hybridized carbons (Fsp3) is 0.636. The van der Waals surface area contributed by atoms with Gasteiger partial charge in [-0.1, -0.05) is 6.92 Å². The minimum absolute atomic E-state index is 0.0537. The Hall–Kier alpha value is -2.87. The van der Waals surface area contributed by atoms with E-state index in [1.165, 1.54) is 32.2 Å². The van der Waals surface area contributed by atoms with E-state index in [1.54, 1.807) is 18.3 Å². The summed E-state index contributed by atoms with van der Waals surface area (Å²) in [6.45, 7) is 6.04.